The molecule has 0 atom stereocenters. The molecule has 1 amide bonds. The van der Waals surface area contributed by atoms with E-state index in [-0.39, 0.29) is 23.6 Å². The number of pyridine rings is 1. The Kier molecular flexibility index (Phi) is 3.89. The van der Waals surface area contributed by atoms with Gasteiger partial charge in [-0.1, -0.05) is 0 Å². The predicted molar refractivity (Wildman–Crippen MR) is 70.2 cm³/mol. The average molecular weight is 276 g/mol. The molecule has 104 valence electrons. The van der Waals surface area contributed by atoms with Crippen LogP contribution in [0.3, 0.4) is 0 Å². The van der Waals surface area contributed by atoms with Crippen molar-refractivity contribution >= 4 is 17.4 Å². The molecule has 2 aromatic rings. The summed E-state index contributed by atoms with van der Waals surface area (Å²) in [6, 6.07) is 1.18. The number of carbonyl (C=O) groups excluding carboxylic acids is 1. The minimum absolute atomic E-state index is 0.105. The van der Waals surface area contributed by atoms with Crippen molar-refractivity contribution in [2.45, 2.75) is 6.54 Å². The van der Waals surface area contributed by atoms with Crippen LogP contribution in [0.15, 0.2) is 24.7 Å². The molecule has 0 aliphatic heterocycles. The third-order valence-electron chi connectivity index (χ3n) is 2.54. The van der Waals surface area contributed by atoms with Gasteiger partial charge in [0.2, 0.25) is 0 Å². The van der Waals surface area contributed by atoms with Crippen LogP contribution in [0.1, 0.15) is 16.2 Å². The van der Waals surface area contributed by atoms with Crippen molar-refractivity contribution in [3.8, 4) is 0 Å². The lowest BCUT2D eigenvalue weighted by Crippen LogP contribution is -2.24. The quantitative estimate of drug-likeness (QED) is 0.544. The summed E-state index contributed by atoms with van der Waals surface area (Å²) in [5, 5.41) is 16.0. The highest BCUT2D eigenvalue weighted by atomic mass is 16.6. The first-order valence-electron chi connectivity index (χ1n) is 5.70. The van der Waals surface area contributed by atoms with Gasteiger partial charge in [-0.3, -0.25) is 14.9 Å². The van der Waals surface area contributed by atoms with Gasteiger partial charge in [0.25, 0.3) is 11.6 Å². The van der Waals surface area contributed by atoms with Gasteiger partial charge in [0.05, 0.1) is 17.0 Å². The molecule has 0 aromatic carbocycles. The number of carbonyl (C=O) groups is 1. The number of nitro groups is 1. The average Bonchev–Trinajstić information content (AvgIpc) is 2.97. The molecule has 0 bridgehead atoms. The Morgan fingerprint density at radius 2 is 2.30 bits per heavy atom. The van der Waals surface area contributed by atoms with Crippen molar-refractivity contribution in [1.29, 1.82) is 0 Å². The number of hydrogen-bond acceptors (Lipinski definition) is 6. The van der Waals surface area contributed by atoms with Gasteiger partial charge < -0.3 is 15.6 Å². The second-order valence-corrected chi connectivity index (χ2v) is 3.82. The largest absolute Gasteiger partial charge is 0.372 e. The molecule has 2 rings (SSSR count). The molecule has 0 fully saturated rings. The molecule has 0 aliphatic rings. The number of amides is 1. The molecule has 9 nitrogen and oxygen atoms in total. The van der Waals surface area contributed by atoms with Crippen LogP contribution in [0, 0.1) is 10.1 Å². The summed E-state index contributed by atoms with van der Waals surface area (Å²) < 4.78 is 0. The predicted octanol–water partition coefficient (Wildman–Crippen LogP) is 0.685. The van der Waals surface area contributed by atoms with Crippen LogP contribution >= 0.6 is 0 Å². The maximum absolute atomic E-state index is 12.0. The van der Waals surface area contributed by atoms with Gasteiger partial charge >= 0.3 is 0 Å². The topological polar surface area (TPSA) is 126 Å². The lowest BCUT2D eigenvalue weighted by molar-refractivity contribution is -0.385. The van der Waals surface area contributed by atoms with E-state index in [1.807, 2.05) is 0 Å². The van der Waals surface area contributed by atoms with Crippen LogP contribution in [0.25, 0.3) is 0 Å². The monoisotopic (exact) mass is 276 g/mol. The number of nitrogens with one attached hydrogen (secondary N) is 3. The zero-order valence-corrected chi connectivity index (χ0v) is 10.6. The first-order valence-corrected chi connectivity index (χ1v) is 5.70. The first-order chi connectivity index (χ1) is 9.61. The molecule has 0 saturated heterocycles. The van der Waals surface area contributed by atoms with Crippen LogP contribution < -0.4 is 10.6 Å². The number of rotatable bonds is 5. The molecule has 0 saturated carbocycles. The summed E-state index contributed by atoms with van der Waals surface area (Å²) in [4.78, 5) is 32.8. The van der Waals surface area contributed by atoms with Crippen LogP contribution in [-0.4, -0.2) is 32.8 Å². The van der Waals surface area contributed by atoms with E-state index in [0.717, 1.165) is 6.20 Å². The summed E-state index contributed by atoms with van der Waals surface area (Å²) in [7, 11) is 1.58. The maximum Gasteiger partial charge on any atom is 0.288 e. The minimum atomic E-state index is -0.601. The van der Waals surface area contributed by atoms with Crippen molar-refractivity contribution < 1.29 is 9.72 Å². The highest BCUT2D eigenvalue weighted by Gasteiger charge is 2.17. The molecule has 0 unspecified atom stereocenters. The van der Waals surface area contributed by atoms with Gasteiger partial charge in [0.15, 0.2) is 0 Å². The third kappa shape index (κ3) is 2.88. The number of hydrogen-bond donors (Lipinski definition) is 3. The summed E-state index contributed by atoms with van der Waals surface area (Å²) >= 11 is 0. The highest BCUT2D eigenvalue weighted by molar-refractivity contribution is 5.99. The Morgan fingerprint density at radius 3 is 2.90 bits per heavy atom. The Morgan fingerprint density at radius 1 is 1.50 bits per heavy atom. The van der Waals surface area contributed by atoms with Gasteiger partial charge in [-0.2, -0.15) is 0 Å². The van der Waals surface area contributed by atoms with E-state index in [1.165, 1.54) is 6.07 Å². The van der Waals surface area contributed by atoms with Crippen molar-refractivity contribution in [1.82, 2.24) is 20.3 Å². The molecule has 2 heterocycles. The Hall–Kier alpha value is -2.97. The van der Waals surface area contributed by atoms with E-state index in [4.69, 9.17) is 0 Å². The Labute approximate surface area is 113 Å². The van der Waals surface area contributed by atoms with E-state index in [1.54, 1.807) is 19.4 Å². The van der Waals surface area contributed by atoms with E-state index >= 15 is 0 Å². The van der Waals surface area contributed by atoms with Crippen molar-refractivity contribution in [3.05, 3.63) is 46.2 Å². The van der Waals surface area contributed by atoms with Crippen LogP contribution in [0.5, 0.6) is 0 Å². The maximum atomic E-state index is 12.0. The molecular formula is C11H12N6O3. The third-order valence-corrected chi connectivity index (χ3v) is 2.54. The zero-order valence-electron chi connectivity index (χ0n) is 10.6. The summed E-state index contributed by atoms with van der Waals surface area (Å²) in [6.45, 7) is 0.192. The van der Waals surface area contributed by atoms with Gasteiger partial charge in [0, 0.05) is 25.5 Å². The van der Waals surface area contributed by atoms with E-state index < -0.39 is 10.8 Å². The summed E-state index contributed by atoms with van der Waals surface area (Å²) in [5.41, 5.74) is -0.139. The van der Waals surface area contributed by atoms with Gasteiger partial charge in [-0.25, -0.2) is 9.97 Å². The number of aromatic amines is 1. The van der Waals surface area contributed by atoms with E-state index in [0.29, 0.717) is 5.82 Å². The molecule has 0 spiro atoms. The summed E-state index contributed by atoms with van der Waals surface area (Å²) in [6.07, 6.45) is 4.29. The second-order valence-electron chi connectivity index (χ2n) is 3.82. The van der Waals surface area contributed by atoms with Gasteiger partial charge in [-0.15, -0.1) is 0 Å². The van der Waals surface area contributed by atoms with Crippen molar-refractivity contribution in [3.63, 3.8) is 0 Å². The first kappa shape index (κ1) is 13.5. The fourth-order valence-corrected chi connectivity index (χ4v) is 1.58. The molecule has 9 heteroatoms. The minimum Gasteiger partial charge on any atom is -0.372 e. The Balaban J connectivity index is 2.18. The normalized spacial score (nSPS) is 10.1. The summed E-state index contributed by atoms with van der Waals surface area (Å²) in [5.74, 6) is 0.386. The smallest absolute Gasteiger partial charge is 0.288 e. The fraction of sp³-hybridized carbons (Fsp3) is 0.182. The molecule has 20 heavy (non-hydrogen) atoms. The van der Waals surface area contributed by atoms with Gasteiger partial charge in [0.1, 0.15) is 17.8 Å². The van der Waals surface area contributed by atoms with Crippen LogP contribution in [0.2, 0.25) is 0 Å². The SMILES string of the molecule is CNc1ncc([N+](=O)[O-])cc1C(=O)NCc1ncc[nH]1. The highest BCUT2D eigenvalue weighted by Crippen LogP contribution is 2.18. The number of H-pyrrole nitrogens is 1. The number of anilines is 1. The van der Waals surface area contributed by atoms with Crippen molar-refractivity contribution in [2.24, 2.45) is 0 Å². The number of nitrogens with zero attached hydrogens (tertiary/aromatic N) is 3. The van der Waals surface area contributed by atoms with Crippen LogP contribution in [0.4, 0.5) is 11.5 Å². The molecule has 0 radical (unpaired) electrons. The molecule has 0 aliphatic carbocycles. The number of imidazole rings is 1. The lowest BCUT2D eigenvalue weighted by atomic mass is 10.2. The van der Waals surface area contributed by atoms with Crippen molar-refractivity contribution in [2.75, 3.05) is 12.4 Å². The van der Waals surface area contributed by atoms with E-state index in [9.17, 15) is 14.9 Å². The molecule has 2 aromatic heterocycles. The van der Waals surface area contributed by atoms with E-state index in [2.05, 4.69) is 25.6 Å². The standard InChI is InChI=1S/C11H12N6O3/c1-12-10-8(4-7(5-15-10)17(19)20)11(18)16-6-9-13-2-3-14-9/h2-5H,6H2,1H3,(H,12,15)(H,13,14)(H,16,18). The number of aromatic nitrogens is 3. The lowest BCUT2D eigenvalue weighted by Gasteiger charge is -2.08. The molecular weight excluding hydrogens is 264 g/mol. The van der Waals surface area contributed by atoms with Crippen LogP contribution in [-0.2, 0) is 6.54 Å². The Bertz CT molecular complexity index is 625. The zero-order chi connectivity index (χ0) is 14.5. The second kappa shape index (κ2) is 5.78. The molecule has 3 N–H and O–H groups in total. The fourth-order valence-electron chi connectivity index (χ4n) is 1.58. The van der Waals surface area contributed by atoms with Gasteiger partial charge in [-0.05, 0) is 0 Å².